The van der Waals surface area contributed by atoms with Crippen molar-refractivity contribution in [2.75, 3.05) is 19.6 Å². The third-order valence-electron chi connectivity index (χ3n) is 8.67. The molecule has 1 fully saturated rings. The van der Waals surface area contributed by atoms with Crippen molar-refractivity contribution in [1.29, 1.82) is 0 Å². The van der Waals surface area contributed by atoms with Crippen molar-refractivity contribution in [2.24, 2.45) is 5.92 Å². The van der Waals surface area contributed by atoms with Crippen molar-refractivity contribution < 1.29 is 41.4 Å². The van der Waals surface area contributed by atoms with Crippen molar-refractivity contribution in [3.63, 3.8) is 0 Å². The number of hydrogen-bond donors (Lipinski definition) is 3. The zero-order chi connectivity index (χ0) is 37.1. The van der Waals surface area contributed by atoms with Gasteiger partial charge in [-0.3, -0.25) is 24.1 Å². The number of nitrogens with zero attached hydrogens (tertiary/aromatic N) is 2. The molecule has 0 saturated carbocycles. The molecule has 1 aliphatic rings. The molecule has 2 atom stereocenters. The minimum absolute atomic E-state index is 0.0758. The molecular weight excluding hydrogens is 663 g/mol. The lowest BCUT2D eigenvalue weighted by atomic mass is 9.89. The Kier molecular flexibility index (Phi) is 11.9. The first-order valence-electron chi connectivity index (χ1n) is 16.2. The summed E-state index contributed by atoms with van der Waals surface area (Å²) in [5.74, 6) is -3.99. The Labute approximate surface area is 286 Å². The summed E-state index contributed by atoms with van der Waals surface area (Å²) in [4.78, 5) is 54.0. The van der Waals surface area contributed by atoms with E-state index in [9.17, 15) is 41.8 Å². The number of carbonyl (C=O) groups is 3. The predicted molar refractivity (Wildman–Crippen MR) is 177 cm³/mol. The minimum Gasteiger partial charge on any atom is -0.481 e. The zero-order valence-electron chi connectivity index (χ0n) is 28.5. The van der Waals surface area contributed by atoms with Crippen LogP contribution >= 0.6 is 0 Å². The van der Waals surface area contributed by atoms with Gasteiger partial charge in [0.05, 0.1) is 18.0 Å². The largest absolute Gasteiger partial charge is 0.481 e. The second-order valence-electron chi connectivity index (χ2n) is 13.3. The van der Waals surface area contributed by atoms with Gasteiger partial charge < -0.3 is 20.3 Å². The molecule has 1 aliphatic heterocycles. The Balaban J connectivity index is 1.63. The van der Waals surface area contributed by atoms with Gasteiger partial charge in [0.25, 0.3) is 11.5 Å². The maximum Gasteiger partial charge on any atom is 0.416 e. The Morgan fingerprint density at radius 3 is 2.18 bits per heavy atom. The molecule has 0 unspecified atom stereocenters. The average molecular weight is 705 g/mol. The van der Waals surface area contributed by atoms with Crippen LogP contribution < -0.4 is 16.2 Å². The number of aromatic nitrogens is 1. The van der Waals surface area contributed by atoms with Crippen LogP contribution in [0.4, 0.5) is 22.0 Å². The van der Waals surface area contributed by atoms with E-state index in [1.54, 1.807) is 13.8 Å². The van der Waals surface area contributed by atoms with E-state index in [4.69, 9.17) is 0 Å². The lowest BCUT2D eigenvalue weighted by molar-refractivity contribution is -0.138. The third kappa shape index (κ3) is 9.14. The maximum atomic E-state index is 15.7. The van der Waals surface area contributed by atoms with Gasteiger partial charge >= 0.3 is 12.1 Å². The van der Waals surface area contributed by atoms with E-state index in [-0.39, 0.29) is 59.8 Å². The number of halogens is 5. The molecule has 3 aromatic rings. The average Bonchev–Trinajstić information content (AvgIpc) is 2.99. The van der Waals surface area contributed by atoms with E-state index >= 15 is 4.39 Å². The molecule has 0 spiro atoms. The molecule has 1 aromatic heterocycles. The molecule has 3 N–H and O–H groups in total. The van der Waals surface area contributed by atoms with Gasteiger partial charge in [-0.05, 0) is 97.3 Å². The summed E-state index contributed by atoms with van der Waals surface area (Å²) in [6.45, 7) is 9.13. The fourth-order valence-electron chi connectivity index (χ4n) is 6.23. The van der Waals surface area contributed by atoms with Crippen LogP contribution in [-0.4, -0.2) is 64.2 Å². The van der Waals surface area contributed by atoms with Crippen LogP contribution in [0.1, 0.15) is 70.9 Å². The van der Waals surface area contributed by atoms with E-state index in [0.29, 0.717) is 17.7 Å². The SMILES string of the molecule is Cc1cc(-c2c(C)cc(C(F)(F)F)cc2C)cc([C@H](CC(=O)O)NC(=O)[C@H](CC(C)C)NC(=O)c2cccn(CCN3CC(F)C3)c2=O)c1F. The highest BCUT2D eigenvalue weighted by Crippen LogP contribution is 2.37. The Bertz CT molecular complexity index is 1790. The molecule has 14 heteroatoms. The summed E-state index contributed by atoms with van der Waals surface area (Å²) in [5.41, 5.74) is -0.553. The van der Waals surface area contributed by atoms with E-state index in [2.05, 4.69) is 10.6 Å². The quantitative estimate of drug-likeness (QED) is 0.196. The van der Waals surface area contributed by atoms with Gasteiger partial charge in [0.15, 0.2) is 0 Å². The van der Waals surface area contributed by atoms with Gasteiger partial charge in [-0.15, -0.1) is 0 Å². The normalized spacial score (nSPS) is 15.0. The zero-order valence-corrected chi connectivity index (χ0v) is 28.5. The smallest absolute Gasteiger partial charge is 0.416 e. The lowest BCUT2D eigenvalue weighted by Gasteiger charge is -2.34. The summed E-state index contributed by atoms with van der Waals surface area (Å²) in [5, 5.41) is 14.9. The summed E-state index contributed by atoms with van der Waals surface area (Å²) in [6.07, 6.45) is -4.65. The molecular formula is C36H41F5N4O5. The van der Waals surface area contributed by atoms with Crippen LogP contribution in [0.15, 0.2) is 47.4 Å². The number of carbonyl (C=O) groups excluding carboxylic acids is 2. The number of amides is 2. The molecule has 1 saturated heterocycles. The number of rotatable bonds is 13. The first-order chi connectivity index (χ1) is 23.3. The summed E-state index contributed by atoms with van der Waals surface area (Å²) in [7, 11) is 0. The van der Waals surface area contributed by atoms with E-state index in [0.717, 1.165) is 12.1 Å². The van der Waals surface area contributed by atoms with Crippen molar-refractivity contribution in [3.8, 4) is 11.1 Å². The van der Waals surface area contributed by atoms with Crippen molar-refractivity contribution >= 4 is 17.8 Å². The number of hydrogen-bond acceptors (Lipinski definition) is 5. The van der Waals surface area contributed by atoms with Gasteiger partial charge in [0, 0.05) is 37.9 Å². The van der Waals surface area contributed by atoms with Crippen molar-refractivity contribution in [1.82, 2.24) is 20.1 Å². The monoisotopic (exact) mass is 704 g/mol. The standard InChI is InChI=1S/C36H41F5N4O5/c1-19(2)11-29(43-33(48)26-7-6-8-45(35(26)50)10-9-44-17-25(37)18-44)34(49)42-28(16-30(46)47)27-15-23(12-22(5)32(27)38)31-20(3)13-24(14-21(31)4)36(39,40)41/h6-8,12-15,19,25,28-29H,9-11,16-18H2,1-5H3,(H,42,49)(H,43,48)(H,46,47)/t28-,29-/m0/s1. The van der Waals surface area contributed by atoms with E-state index in [1.165, 1.54) is 55.8 Å². The first kappa shape index (κ1) is 38.2. The van der Waals surface area contributed by atoms with Crippen molar-refractivity contribution in [3.05, 3.63) is 92.1 Å². The van der Waals surface area contributed by atoms with Crippen LogP contribution in [-0.2, 0) is 22.3 Å². The number of likely N-dealkylation sites (tertiary alicyclic amines) is 1. The number of carboxylic acids is 1. The van der Waals surface area contributed by atoms with Gasteiger partial charge in [-0.1, -0.05) is 13.8 Å². The summed E-state index contributed by atoms with van der Waals surface area (Å²) >= 11 is 0. The number of alkyl halides is 4. The molecule has 2 aromatic carbocycles. The molecule has 0 aliphatic carbocycles. The second-order valence-corrected chi connectivity index (χ2v) is 13.3. The van der Waals surface area contributed by atoms with Gasteiger partial charge in [0.1, 0.15) is 23.6 Å². The predicted octanol–water partition coefficient (Wildman–Crippen LogP) is 5.73. The van der Waals surface area contributed by atoms with Gasteiger partial charge in [-0.25, -0.2) is 8.78 Å². The molecule has 2 heterocycles. The second kappa shape index (κ2) is 15.5. The van der Waals surface area contributed by atoms with Crippen LogP contribution in [0.2, 0.25) is 0 Å². The van der Waals surface area contributed by atoms with Crippen LogP contribution in [0.3, 0.4) is 0 Å². The Hall–Kier alpha value is -4.59. The van der Waals surface area contributed by atoms with Crippen molar-refractivity contribution in [2.45, 2.75) is 78.4 Å². The minimum atomic E-state index is -4.58. The molecule has 50 heavy (non-hydrogen) atoms. The molecule has 0 radical (unpaired) electrons. The molecule has 0 bridgehead atoms. The summed E-state index contributed by atoms with van der Waals surface area (Å²) < 4.78 is 70.6. The third-order valence-corrected chi connectivity index (χ3v) is 8.67. The number of benzene rings is 2. The highest BCUT2D eigenvalue weighted by atomic mass is 19.4. The number of pyridine rings is 1. The van der Waals surface area contributed by atoms with Crippen LogP contribution in [0, 0.1) is 32.5 Å². The summed E-state index contributed by atoms with van der Waals surface area (Å²) in [6, 6.07) is 4.84. The molecule has 4 rings (SSSR count). The molecule has 270 valence electrons. The molecule has 9 nitrogen and oxygen atoms in total. The maximum absolute atomic E-state index is 15.7. The van der Waals surface area contributed by atoms with Crippen LogP contribution in [0.25, 0.3) is 11.1 Å². The number of aryl methyl sites for hydroxylation is 3. The van der Waals surface area contributed by atoms with E-state index < -0.39 is 65.6 Å². The Morgan fingerprint density at radius 1 is 0.980 bits per heavy atom. The van der Waals surface area contributed by atoms with E-state index in [1.807, 2.05) is 4.90 Å². The fraction of sp³-hybridized carbons (Fsp3) is 0.444. The number of nitrogens with one attached hydrogen (secondary N) is 2. The van der Waals surface area contributed by atoms with Crippen LogP contribution in [0.5, 0.6) is 0 Å². The highest BCUT2D eigenvalue weighted by Gasteiger charge is 2.33. The van der Waals surface area contributed by atoms with Gasteiger partial charge in [-0.2, -0.15) is 13.2 Å². The fourth-order valence-corrected chi connectivity index (χ4v) is 6.23. The number of carboxylic acid groups (broad SMARTS) is 1. The van der Waals surface area contributed by atoms with Gasteiger partial charge in [0.2, 0.25) is 5.91 Å². The first-order valence-corrected chi connectivity index (χ1v) is 16.2. The molecule has 2 amide bonds. The lowest BCUT2D eigenvalue weighted by Crippen LogP contribution is -2.50. The topological polar surface area (TPSA) is 121 Å². The highest BCUT2D eigenvalue weighted by molar-refractivity contribution is 5.97. The number of aliphatic carboxylic acids is 1. The Morgan fingerprint density at radius 2 is 1.62 bits per heavy atom.